The van der Waals surface area contributed by atoms with E-state index >= 15 is 0 Å². The summed E-state index contributed by atoms with van der Waals surface area (Å²) in [5, 5.41) is 7.47. The van der Waals surface area contributed by atoms with Gasteiger partial charge in [-0.2, -0.15) is 0 Å². The lowest BCUT2D eigenvalue weighted by atomic mass is 9.75. The molecule has 2 heterocycles. The Hall–Kier alpha value is -0.900. The molecule has 1 aromatic carbocycles. The second kappa shape index (κ2) is 6.47. The van der Waals surface area contributed by atoms with E-state index in [-0.39, 0.29) is 0 Å². The van der Waals surface area contributed by atoms with E-state index in [0.29, 0.717) is 11.5 Å². The Balaban J connectivity index is 1.83. The monoisotopic (exact) mass is 303 g/mol. The Morgan fingerprint density at radius 2 is 2.00 bits per heavy atom. The molecule has 21 heavy (non-hydrogen) atoms. The Labute approximate surface area is 131 Å². The van der Waals surface area contributed by atoms with Crippen LogP contribution in [0.2, 0.25) is 0 Å². The van der Waals surface area contributed by atoms with Gasteiger partial charge in [-0.15, -0.1) is 11.3 Å². The molecule has 0 bridgehead atoms. The molecule has 1 saturated heterocycles. The molecule has 0 aliphatic carbocycles. The SMILES string of the molecule is CC(C)NCC1(Cc2csc3ccccc23)CCOCC1. The van der Waals surface area contributed by atoms with E-state index in [2.05, 4.69) is 48.8 Å². The number of rotatable bonds is 5. The lowest BCUT2D eigenvalue weighted by Gasteiger charge is -2.38. The van der Waals surface area contributed by atoms with Crippen molar-refractivity contribution in [3.63, 3.8) is 0 Å². The average Bonchev–Trinajstić information content (AvgIpc) is 2.90. The fourth-order valence-corrected chi connectivity index (χ4v) is 4.18. The maximum atomic E-state index is 5.61. The predicted molar refractivity (Wildman–Crippen MR) is 91.2 cm³/mol. The second-order valence-electron chi connectivity index (χ2n) is 6.58. The molecule has 1 N–H and O–H groups in total. The zero-order valence-electron chi connectivity index (χ0n) is 13.0. The normalized spacial score (nSPS) is 18.4. The summed E-state index contributed by atoms with van der Waals surface area (Å²) in [6.07, 6.45) is 3.49. The third-order valence-corrected chi connectivity index (χ3v) is 5.58. The highest BCUT2D eigenvalue weighted by Crippen LogP contribution is 2.37. The Morgan fingerprint density at radius 3 is 2.76 bits per heavy atom. The van der Waals surface area contributed by atoms with Crippen molar-refractivity contribution >= 4 is 21.4 Å². The highest BCUT2D eigenvalue weighted by molar-refractivity contribution is 7.17. The van der Waals surface area contributed by atoms with Crippen LogP contribution in [0, 0.1) is 5.41 Å². The molecule has 0 radical (unpaired) electrons. The first kappa shape index (κ1) is 15.0. The molecule has 2 nitrogen and oxygen atoms in total. The van der Waals surface area contributed by atoms with Gasteiger partial charge in [-0.25, -0.2) is 0 Å². The quantitative estimate of drug-likeness (QED) is 0.892. The summed E-state index contributed by atoms with van der Waals surface area (Å²) in [4.78, 5) is 0. The van der Waals surface area contributed by atoms with Crippen LogP contribution < -0.4 is 5.32 Å². The first-order valence-electron chi connectivity index (χ1n) is 7.95. The van der Waals surface area contributed by atoms with Crippen molar-refractivity contribution in [1.82, 2.24) is 5.32 Å². The van der Waals surface area contributed by atoms with E-state index < -0.39 is 0 Å². The number of hydrogen-bond donors (Lipinski definition) is 1. The van der Waals surface area contributed by atoms with Crippen molar-refractivity contribution in [1.29, 1.82) is 0 Å². The van der Waals surface area contributed by atoms with Crippen molar-refractivity contribution in [3.05, 3.63) is 35.2 Å². The van der Waals surface area contributed by atoms with Crippen LogP contribution in [-0.4, -0.2) is 25.8 Å². The number of benzene rings is 1. The summed E-state index contributed by atoms with van der Waals surface area (Å²) < 4.78 is 7.02. The summed E-state index contributed by atoms with van der Waals surface area (Å²) in [6, 6.07) is 9.33. The maximum absolute atomic E-state index is 5.61. The minimum absolute atomic E-state index is 0.354. The highest BCUT2D eigenvalue weighted by Gasteiger charge is 2.33. The van der Waals surface area contributed by atoms with Crippen LogP contribution in [0.3, 0.4) is 0 Å². The molecule has 0 unspecified atom stereocenters. The van der Waals surface area contributed by atoms with E-state index in [4.69, 9.17) is 4.74 Å². The van der Waals surface area contributed by atoms with Crippen molar-refractivity contribution in [2.75, 3.05) is 19.8 Å². The molecule has 0 amide bonds. The molecule has 3 heteroatoms. The van der Waals surface area contributed by atoms with Crippen LogP contribution in [0.5, 0.6) is 0 Å². The second-order valence-corrected chi connectivity index (χ2v) is 7.49. The zero-order chi connectivity index (χ0) is 14.7. The van der Waals surface area contributed by atoms with Gasteiger partial charge in [0, 0.05) is 30.5 Å². The minimum atomic E-state index is 0.354. The number of thiophene rings is 1. The van der Waals surface area contributed by atoms with Crippen molar-refractivity contribution in [3.8, 4) is 0 Å². The van der Waals surface area contributed by atoms with Crippen molar-refractivity contribution in [2.45, 2.75) is 39.2 Å². The summed E-state index contributed by atoms with van der Waals surface area (Å²) in [5.74, 6) is 0. The van der Waals surface area contributed by atoms with Crippen LogP contribution in [-0.2, 0) is 11.2 Å². The van der Waals surface area contributed by atoms with E-state index in [1.807, 2.05) is 11.3 Å². The van der Waals surface area contributed by atoms with Crippen LogP contribution in [0.4, 0.5) is 0 Å². The van der Waals surface area contributed by atoms with Gasteiger partial charge in [0.05, 0.1) is 0 Å². The van der Waals surface area contributed by atoms with Gasteiger partial charge >= 0.3 is 0 Å². The number of hydrogen-bond acceptors (Lipinski definition) is 3. The largest absolute Gasteiger partial charge is 0.381 e. The van der Waals surface area contributed by atoms with E-state index in [1.165, 1.54) is 22.1 Å². The van der Waals surface area contributed by atoms with Crippen LogP contribution in [0.15, 0.2) is 29.6 Å². The lowest BCUT2D eigenvalue weighted by molar-refractivity contribution is 0.0142. The van der Waals surface area contributed by atoms with Gasteiger partial charge in [0.25, 0.3) is 0 Å². The summed E-state index contributed by atoms with van der Waals surface area (Å²) in [5.41, 5.74) is 1.87. The number of ether oxygens (including phenoxy) is 1. The third kappa shape index (κ3) is 3.47. The smallest absolute Gasteiger partial charge is 0.0471 e. The molecule has 1 aliphatic rings. The third-order valence-electron chi connectivity index (χ3n) is 4.57. The van der Waals surface area contributed by atoms with E-state index in [0.717, 1.165) is 32.6 Å². The first-order chi connectivity index (χ1) is 10.2. The van der Waals surface area contributed by atoms with Crippen LogP contribution >= 0.6 is 11.3 Å². The number of nitrogens with one attached hydrogen (secondary N) is 1. The van der Waals surface area contributed by atoms with Gasteiger partial charge in [-0.1, -0.05) is 32.0 Å². The Bertz CT molecular complexity index is 584. The molecule has 2 aromatic rings. The summed E-state index contributed by atoms with van der Waals surface area (Å²) in [6.45, 7) is 7.36. The van der Waals surface area contributed by atoms with Crippen LogP contribution in [0.25, 0.3) is 10.1 Å². The van der Waals surface area contributed by atoms with Gasteiger partial charge in [0.1, 0.15) is 0 Å². The Kier molecular flexibility index (Phi) is 4.63. The van der Waals surface area contributed by atoms with Crippen LogP contribution in [0.1, 0.15) is 32.3 Å². The molecule has 0 atom stereocenters. The highest BCUT2D eigenvalue weighted by atomic mass is 32.1. The first-order valence-corrected chi connectivity index (χ1v) is 8.83. The van der Waals surface area contributed by atoms with Gasteiger partial charge in [-0.05, 0) is 47.1 Å². The predicted octanol–water partition coefficient (Wildman–Crippen LogP) is 4.24. The summed E-state index contributed by atoms with van der Waals surface area (Å²) >= 11 is 1.87. The fraction of sp³-hybridized carbons (Fsp3) is 0.556. The molecule has 1 aliphatic heterocycles. The van der Waals surface area contributed by atoms with Crippen molar-refractivity contribution < 1.29 is 4.74 Å². The minimum Gasteiger partial charge on any atom is -0.381 e. The molecule has 0 saturated carbocycles. The molecule has 1 fully saturated rings. The average molecular weight is 303 g/mol. The molecule has 1 aromatic heterocycles. The maximum Gasteiger partial charge on any atom is 0.0471 e. The number of fused-ring (bicyclic) bond motifs is 1. The van der Waals surface area contributed by atoms with Gasteiger partial charge < -0.3 is 10.1 Å². The molecule has 114 valence electrons. The van der Waals surface area contributed by atoms with Gasteiger partial charge in [-0.3, -0.25) is 0 Å². The standard InChI is InChI=1S/C18H25NOS/c1-14(2)19-13-18(7-9-20-10-8-18)11-15-12-21-17-6-4-3-5-16(15)17/h3-6,12,14,19H,7-11,13H2,1-2H3. The van der Waals surface area contributed by atoms with Gasteiger partial charge in [0.2, 0.25) is 0 Å². The molecule has 0 spiro atoms. The fourth-order valence-electron chi connectivity index (χ4n) is 3.21. The lowest BCUT2D eigenvalue weighted by Crippen LogP contribution is -2.42. The molecular formula is C18H25NOS. The van der Waals surface area contributed by atoms with Crippen molar-refractivity contribution in [2.24, 2.45) is 5.41 Å². The topological polar surface area (TPSA) is 21.3 Å². The van der Waals surface area contributed by atoms with E-state index in [9.17, 15) is 0 Å². The Morgan fingerprint density at radius 1 is 1.24 bits per heavy atom. The molecular weight excluding hydrogens is 278 g/mol. The van der Waals surface area contributed by atoms with E-state index in [1.54, 1.807) is 0 Å². The zero-order valence-corrected chi connectivity index (χ0v) is 13.8. The summed E-state index contributed by atoms with van der Waals surface area (Å²) in [7, 11) is 0. The van der Waals surface area contributed by atoms with Gasteiger partial charge in [0.15, 0.2) is 0 Å². The molecule has 3 rings (SSSR count).